The summed E-state index contributed by atoms with van der Waals surface area (Å²) in [5.74, 6) is 0. The van der Waals surface area contributed by atoms with E-state index in [-0.39, 0.29) is 37.1 Å². The standard InChI is InChI=1S/C7H14.5CH4/c1-2-4-6-7-5-3-1;;;;;/h1-7H2;5*1H4. The van der Waals surface area contributed by atoms with Gasteiger partial charge in [0.05, 0.1) is 0 Å². The highest BCUT2D eigenvalue weighted by molar-refractivity contribution is 4.51. The highest BCUT2D eigenvalue weighted by Gasteiger charge is 1.95. The van der Waals surface area contributed by atoms with Gasteiger partial charge in [0.25, 0.3) is 0 Å². The molecule has 0 spiro atoms. The molecule has 1 aliphatic rings. The van der Waals surface area contributed by atoms with Gasteiger partial charge in [0.2, 0.25) is 0 Å². The fourth-order valence-electron chi connectivity index (χ4n) is 1.24. The van der Waals surface area contributed by atoms with Crippen LogP contribution >= 0.6 is 0 Å². The Balaban J connectivity index is -0.0000000327. The van der Waals surface area contributed by atoms with Gasteiger partial charge >= 0.3 is 0 Å². The molecule has 0 heteroatoms. The molecule has 0 aromatic heterocycles. The first-order chi connectivity index (χ1) is 3.50. The Bertz CT molecular complexity index is 19.7. The molecule has 0 atom stereocenters. The van der Waals surface area contributed by atoms with Crippen molar-refractivity contribution in [3.63, 3.8) is 0 Å². The fourth-order valence-corrected chi connectivity index (χ4v) is 1.24. The molecule has 0 N–H and O–H groups in total. The molecule has 0 aromatic carbocycles. The summed E-state index contributed by atoms with van der Waals surface area (Å²) in [4.78, 5) is 0. The molecule has 0 bridgehead atoms. The third kappa shape index (κ3) is 16.5. The highest BCUT2D eigenvalue weighted by Crippen LogP contribution is 2.15. The van der Waals surface area contributed by atoms with Crippen LogP contribution in [0.25, 0.3) is 0 Å². The van der Waals surface area contributed by atoms with Crippen molar-refractivity contribution >= 4 is 0 Å². The molecule has 1 fully saturated rings. The van der Waals surface area contributed by atoms with E-state index in [1.807, 2.05) is 0 Å². The lowest BCUT2D eigenvalue weighted by Crippen LogP contribution is -1.66. The van der Waals surface area contributed by atoms with Crippen molar-refractivity contribution in [3.8, 4) is 0 Å². The zero-order chi connectivity index (χ0) is 4.95. The van der Waals surface area contributed by atoms with Crippen LogP contribution in [0.5, 0.6) is 0 Å². The minimum absolute atomic E-state index is 0. The van der Waals surface area contributed by atoms with Gasteiger partial charge < -0.3 is 0 Å². The average molecular weight is 178 g/mol. The topological polar surface area (TPSA) is 0 Å². The Labute approximate surface area is 82.8 Å². The molecule has 1 aliphatic carbocycles. The minimum atomic E-state index is 0. The molecule has 0 unspecified atom stereocenters. The molecule has 82 valence electrons. The van der Waals surface area contributed by atoms with Gasteiger partial charge in [-0.15, -0.1) is 0 Å². The number of rotatable bonds is 0. The Morgan fingerprint density at radius 1 is 0.250 bits per heavy atom. The summed E-state index contributed by atoms with van der Waals surface area (Å²) in [6, 6.07) is 0. The van der Waals surface area contributed by atoms with E-state index < -0.39 is 0 Å². The van der Waals surface area contributed by atoms with Crippen molar-refractivity contribution in [2.75, 3.05) is 0 Å². The summed E-state index contributed by atoms with van der Waals surface area (Å²) in [7, 11) is 0. The predicted octanol–water partition coefficient (Wildman–Crippen LogP) is 5.91. The lowest BCUT2D eigenvalue weighted by molar-refractivity contribution is 0.702. The average Bonchev–Trinajstić information content (AvgIpc) is 1.90. The van der Waals surface area contributed by atoms with Crippen LogP contribution in [0.2, 0.25) is 0 Å². The predicted molar refractivity (Wildman–Crippen MR) is 66.0 cm³/mol. The van der Waals surface area contributed by atoms with Crippen molar-refractivity contribution in [2.24, 2.45) is 0 Å². The largest absolute Gasteiger partial charge is 0.0776 e. The molecule has 12 heavy (non-hydrogen) atoms. The van der Waals surface area contributed by atoms with Crippen molar-refractivity contribution < 1.29 is 0 Å². The van der Waals surface area contributed by atoms with E-state index >= 15 is 0 Å². The molecule has 0 aromatic rings. The van der Waals surface area contributed by atoms with Crippen LogP contribution in [0.15, 0.2) is 0 Å². The first-order valence-corrected chi connectivity index (χ1v) is 3.50. The van der Waals surface area contributed by atoms with Gasteiger partial charge in [0.1, 0.15) is 0 Å². The second-order valence-electron chi connectivity index (χ2n) is 2.47. The van der Waals surface area contributed by atoms with E-state index in [9.17, 15) is 0 Å². The minimum Gasteiger partial charge on any atom is -0.0776 e. The van der Waals surface area contributed by atoms with Crippen LogP contribution in [-0.2, 0) is 0 Å². The van der Waals surface area contributed by atoms with Crippen molar-refractivity contribution in [1.29, 1.82) is 0 Å². The fraction of sp³-hybridized carbons (Fsp3) is 1.00. The van der Waals surface area contributed by atoms with Crippen LogP contribution in [0.4, 0.5) is 0 Å². The van der Waals surface area contributed by atoms with Gasteiger partial charge in [0.15, 0.2) is 0 Å². The van der Waals surface area contributed by atoms with Crippen molar-refractivity contribution in [1.82, 2.24) is 0 Å². The van der Waals surface area contributed by atoms with Crippen LogP contribution < -0.4 is 0 Å². The summed E-state index contributed by atoms with van der Waals surface area (Å²) in [5, 5.41) is 0. The first-order valence-electron chi connectivity index (χ1n) is 3.50. The maximum Gasteiger partial charge on any atom is -0.0533 e. The van der Waals surface area contributed by atoms with Gasteiger partial charge in [0, 0.05) is 0 Å². The van der Waals surface area contributed by atoms with Gasteiger partial charge in [-0.25, -0.2) is 0 Å². The third-order valence-corrected chi connectivity index (χ3v) is 1.75. The first kappa shape index (κ1) is 29.6. The van der Waals surface area contributed by atoms with Crippen LogP contribution in [-0.4, -0.2) is 0 Å². The van der Waals surface area contributed by atoms with E-state index in [1.54, 1.807) is 0 Å². The van der Waals surface area contributed by atoms with Gasteiger partial charge in [-0.05, 0) is 0 Å². The van der Waals surface area contributed by atoms with Crippen LogP contribution in [0.1, 0.15) is 82.1 Å². The summed E-state index contributed by atoms with van der Waals surface area (Å²) in [6.07, 6.45) is 10.5. The molecule has 0 saturated heterocycles. The summed E-state index contributed by atoms with van der Waals surface area (Å²) < 4.78 is 0. The van der Waals surface area contributed by atoms with E-state index in [0.717, 1.165) is 0 Å². The number of hydrogen-bond donors (Lipinski definition) is 0. The maximum absolute atomic E-state index is 1.50. The molecule has 0 heterocycles. The van der Waals surface area contributed by atoms with Crippen molar-refractivity contribution in [2.45, 2.75) is 82.1 Å². The SMILES string of the molecule is C.C.C.C.C.C1CCCCCC1. The smallest absolute Gasteiger partial charge is 0.0533 e. The van der Waals surface area contributed by atoms with Crippen LogP contribution in [0.3, 0.4) is 0 Å². The molecule has 0 radical (unpaired) electrons. The molecular formula is C12H34. The Kier molecular flexibility index (Phi) is 55.4. The third-order valence-electron chi connectivity index (χ3n) is 1.75. The van der Waals surface area contributed by atoms with E-state index in [1.165, 1.54) is 44.9 Å². The lowest BCUT2D eigenvalue weighted by atomic mass is 10.2. The zero-order valence-electron chi connectivity index (χ0n) is 4.95. The van der Waals surface area contributed by atoms with Gasteiger partial charge in [-0.2, -0.15) is 0 Å². The maximum atomic E-state index is 1.50. The second kappa shape index (κ2) is 22.4. The molecule has 0 amide bonds. The summed E-state index contributed by atoms with van der Waals surface area (Å²) >= 11 is 0. The van der Waals surface area contributed by atoms with E-state index in [2.05, 4.69) is 0 Å². The normalized spacial score (nSPS) is 14.0. The molecule has 0 nitrogen and oxygen atoms in total. The summed E-state index contributed by atoms with van der Waals surface area (Å²) in [5.41, 5.74) is 0. The lowest BCUT2D eigenvalue weighted by Gasteiger charge is -1.85. The molecule has 1 saturated carbocycles. The second-order valence-corrected chi connectivity index (χ2v) is 2.47. The molecular weight excluding hydrogens is 144 g/mol. The van der Waals surface area contributed by atoms with Gasteiger partial charge in [-0.1, -0.05) is 82.1 Å². The Morgan fingerprint density at radius 2 is 0.333 bits per heavy atom. The monoisotopic (exact) mass is 178 g/mol. The zero-order valence-corrected chi connectivity index (χ0v) is 4.95. The quantitative estimate of drug-likeness (QED) is 0.404. The highest BCUT2D eigenvalue weighted by atomic mass is 14.0. The van der Waals surface area contributed by atoms with E-state index in [0.29, 0.717) is 0 Å². The number of hydrogen-bond acceptors (Lipinski definition) is 0. The Morgan fingerprint density at radius 3 is 0.417 bits per heavy atom. The van der Waals surface area contributed by atoms with Gasteiger partial charge in [-0.3, -0.25) is 0 Å². The molecule has 1 rings (SSSR count). The van der Waals surface area contributed by atoms with Crippen molar-refractivity contribution in [3.05, 3.63) is 0 Å². The molecule has 0 aliphatic heterocycles. The van der Waals surface area contributed by atoms with Crippen LogP contribution in [0, 0.1) is 0 Å². The summed E-state index contributed by atoms with van der Waals surface area (Å²) in [6.45, 7) is 0. The van der Waals surface area contributed by atoms with E-state index in [4.69, 9.17) is 0 Å². The Hall–Kier alpha value is 0.